The number of rotatable bonds is 8. The predicted octanol–water partition coefficient (Wildman–Crippen LogP) is 5.01. The Kier molecular flexibility index (Phi) is 8.31. The monoisotopic (exact) mass is 573 g/mol. The number of urea groups is 1. The Labute approximate surface area is 247 Å². The van der Waals surface area contributed by atoms with Crippen molar-refractivity contribution in [2.24, 2.45) is 5.73 Å². The Bertz CT molecular complexity index is 1380. The summed E-state index contributed by atoms with van der Waals surface area (Å²) in [6.07, 6.45) is 8.24. The van der Waals surface area contributed by atoms with Crippen LogP contribution in [0, 0.1) is 0 Å². The molecule has 2 saturated heterocycles. The second-order valence-electron chi connectivity index (χ2n) is 12.1. The number of nitrogens with two attached hydrogens (primary N) is 1. The number of hydrogen-bond donors (Lipinski definition) is 3. The fraction of sp³-hybridized carbons (Fsp3) is 0.515. The van der Waals surface area contributed by atoms with E-state index in [0.717, 1.165) is 66.6 Å². The molecule has 3 amide bonds. The molecule has 6 rings (SSSR count). The lowest BCUT2D eigenvalue weighted by atomic mass is 9.74. The van der Waals surface area contributed by atoms with Crippen molar-refractivity contribution in [1.29, 1.82) is 0 Å². The molecule has 3 aromatic rings. The number of carbonyl (C=O) groups is 2. The van der Waals surface area contributed by atoms with E-state index in [2.05, 4.69) is 53.6 Å². The van der Waals surface area contributed by atoms with E-state index in [1.54, 1.807) is 0 Å². The van der Waals surface area contributed by atoms with Crippen molar-refractivity contribution in [1.82, 2.24) is 20.1 Å². The molecular weight excluding hydrogens is 530 g/mol. The molecule has 7 nitrogen and oxygen atoms in total. The van der Waals surface area contributed by atoms with Crippen LogP contribution in [0.3, 0.4) is 0 Å². The molecule has 3 heterocycles. The van der Waals surface area contributed by atoms with Gasteiger partial charge in [0.25, 0.3) is 0 Å². The molecule has 0 unspecified atom stereocenters. The van der Waals surface area contributed by atoms with Gasteiger partial charge in [-0.3, -0.25) is 4.79 Å². The van der Waals surface area contributed by atoms with E-state index in [4.69, 9.17) is 5.73 Å². The first-order chi connectivity index (χ1) is 20.0. The maximum Gasteiger partial charge on any atom is 0.318 e. The average Bonchev–Trinajstić information content (AvgIpc) is 3.74. The first-order valence-electron chi connectivity index (χ1n) is 15.3. The van der Waals surface area contributed by atoms with Crippen LogP contribution in [0.1, 0.15) is 61.6 Å². The number of likely N-dealkylation sites (tertiary alicyclic amines) is 2. The number of amides is 3. The van der Waals surface area contributed by atoms with Gasteiger partial charge in [0.1, 0.15) is 6.04 Å². The van der Waals surface area contributed by atoms with Gasteiger partial charge >= 0.3 is 6.03 Å². The number of hydrogen-bond acceptors (Lipinski definition) is 4. The Morgan fingerprint density at radius 1 is 1.10 bits per heavy atom. The summed E-state index contributed by atoms with van der Waals surface area (Å²) < 4.78 is 0. The number of piperidine rings is 1. The van der Waals surface area contributed by atoms with Gasteiger partial charge in [0, 0.05) is 66.7 Å². The van der Waals surface area contributed by atoms with Crippen molar-refractivity contribution in [3.63, 3.8) is 0 Å². The quantitative estimate of drug-likeness (QED) is 0.330. The number of nitrogens with zero attached hydrogens (tertiary/aromatic N) is 2. The van der Waals surface area contributed by atoms with Crippen LogP contribution in [0.25, 0.3) is 10.9 Å². The van der Waals surface area contributed by atoms with E-state index in [0.29, 0.717) is 19.6 Å². The standard InChI is InChI=1S/C33H43N5O2S/c1-23(27-21-35-29-11-5-3-9-26(27)29)30(31(39)38-17-6-8-25(38)22-41-20-16-34)36-32(40)37-18-14-33(15-19-37)13-12-24-7-2-4-10-28(24)33/h2-5,7,9-11,21,23,25,30,35H,6,8,12-20,22,34H2,1H3,(H,36,40)/t23-,25+,30+/m0/s1. The molecule has 3 atom stereocenters. The highest BCUT2D eigenvalue weighted by atomic mass is 32.2. The summed E-state index contributed by atoms with van der Waals surface area (Å²) in [5, 5.41) is 4.36. The summed E-state index contributed by atoms with van der Waals surface area (Å²) in [5.74, 6) is 1.63. The second-order valence-corrected chi connectivity index (χ2v) is 13.3. The van der Waals surface area contributed by atoms with Crippen LogP contribution < -0.4 is 11.1 Å². The molecule has 0 saturated carbocycles. The number of carbonyl (C=O) groups excluding carboxylic acids is 2. The number of aromatic amines is 1. The molecule has 1 aliphatic carbocycles. The first kappa shape index (κ1) is 28.2. The van der Waals surface area contributed by atoms with Crippen LogP contribution in [-0.4, -0.2) is 76.5 Å². The fourth-order valence-corrected chi connectivity index (χ4v) is 8.43. The summed E-state index contributed by atoms with van der Waals surface area (Å²) >= 11 is 1.81. The van der Waals surface area contributed by atoms with Crippen molar-refractivity contribution < 1.29 is 9.59 Å². The lowest BCUT2D eigenvalue weighted by Crippen LogP contribution is -2.57. The van der Waals surface area contributed by atoms with Gasteiger partial charge < -0.3 is 25.8 Å². The van der Waals surface area contributed by atoms with E-state index >= 15 is 0 Å². The summed E-state index contributed by atoms with van der Waals surface area (Å²) in [7, 11) is 0. The van der Waals surface area contributed by atoms with Gasteiger partial charge in [-0.15, -0.1) is 0 Å². The van der Waals surface area contributed by atoms with E-state index in [9.17, 15) is 9.59 Å². The van der Waals surface area contributed by atoms with Crippen molar-refractivity contribution in [3.8, 4) is 0 Å². The third kappa shape index (κ3) is 5.48. The third-order valence-electron chi connectivity index (χ3n) is 9.86. The first-order valence-corrected chi connectivity index (χ1v) is 16.4. The van der Waals surface area contributed by atoms with E-state index in [1.807, 2.05) is 39.9 Å². The normalized spacial score (nSPS) is 21.3. The highest BCUT2D eigenvalue weighted by Gasteiger charge is 2.43. The number of nitrogens with one attached hydrogen (secondary N) is 2. The van der Waals surface area contributed by atoms with Crippen LogP contribution >= 0.6 is 11.8 Å². The number of thioether (sulfide) groups is 1. The molecular formula is C33H43N5O2S. The van der Waals surface area contributed by atoms with Gasteiger partial charge in [0.15, 0.2) is 0 Å². The molecule has 2 aromatic carbocycles. The molecule has 218 valence electrons. The lowest BCUT2D eigenvalue weighted by Gasteiger charge is -2.41. The topological polar surface area (TPSA) is 94.5 Å². The molecule has 1 spiro atoms. The van der Waals surface area contributed by atoms with Crippen LogP contribution in [0.15, 0.2) is 54.7 Å². The number of H-pyrrole nitrogens is 1. The Morgan fingerprint density at radius 3 is 2.71 bits per heavy atom. The number of aryl methyl sites for hydroxylation is 1. The minimum atomic E-state index is -0.634. The minimum absolute atomic E-state index is 0.0326. The molecule has 4 N–H and O–H groups in total. The van der Waals surface area contributed by atoms with E-state index in [1.165, 1.54) is 17.5 Å². The lowest BCUT2D eigenvalue weighted by molar-refractivity contribution is -0.134. The van der Waals surface area contributed by atoms with Crippen LogP contribution in [0.2, 0.25) is 0 Å². The Balaban J connectivity index is 1.20. The maximum absolute atomic E-state index is 14.3. The van der Waals surface area contributed by atoms with Crippen LogP contribution in [0.4, 0.5) is 4.79 Å². The second kappa shape index (κ2) is 12.1. The van der Waals surface area contributed by atoms with Crippen molar-refractivity contribution in [2.45, 2.75) is 68.9 Å². The number of fused-ring (bicyclic) bond motifs is 3. The zero-order valence-electron chi connectivity index (χ0n) is 24.1. The molecule has 8 heteroatoms. The average molecular weight is 574 g/mol. The van der Waals surface area contributed by atoms with Gasteiger partial charge in [0.05, 0.1) is 0 Å². The molecule has 2 fully saturated rings. The molecule has 0 radical (unpaired) electrons. The summed E-state index contributed by atoms with van der Waals surface area (Å²) in [5.41, 5.74) is 11.0. The molecule has 3 aliphatic rings. The SMILES string of the molecule is C[C@@H](c1c[nH]c2ccccc12)[C@@H](NC(=O)N1CCC2(CCc3ccccc32)CC1)C(=O)N1CCC[C@@H]1CSCCN. The highest BCUT2D eigenvalue weighted by Crippen LogP contribution is 2.46. The molecule has 0 bridgehead atoms. The zero-order valence-corrected chi connectivity index (χ0v) is 24.9. The Hall–Kier alpha value is -2.97. The largest absolute Gasteiger partial charge is 0.361 e. The molecule has 2 aliphatic heterocycles. The highest BCUT2D eigenvalue weighted by molar-refractivity contribution is 7.99. The molecule has 41 heavy (non-hydrogen) atoms. The number of para-hydroxylation sites is 1. The van der Waals surface area contributed by atoms with Gasteiger partial charge in [-0.25, -0.2) is 4.79 Å². The minimum Gasteiger partial charge on any atom is -0.361 e. The van der Waals surface area contributed by atoms with Crippen molar-refractivity contribution >= 4 is 34.6 Å². The van der Waals surface area contributed by atoms with E-state index in [-0.39, 0.29) is 29.3 Å². The molecule has 1 aromatic heterocycles. The zero-order chi connectivity index (χ0) is 28.4. The summed E-state index contributed by atoms with van der Waals surface area (Å²) in [6.45, 7) is 4.89. The Morgan fingerprint density at radius 2 is 1.88 bits per heavy atom. The van der Waals surface area contributed by atoms with Crippen molar-refractivity contribution in [2.75, 3.05) is 37.7 Å². The van der Waals surface area contributed by atoms with Gasteiger partial charge in [0.2, 0.25) is 5.91 Å². The predicted molar refractivity (Wildman–Crippen MR) is 167 cm³/mol. The van der Waals surface area contributed by atoms with E-state index < -0.39 is 6.04 Å². The summed E-state index contributed by atoms with van der Waals surface area (Å²) in [4.78, 5) is 35.4. The van der Waals surface area contributed by atoms with Gasteiger partial charge in [-0.2, -0.15) is 11.8 Å². The smallest absolute Gasteiger partial charge is 0.318 e. The van der Waals surface area contributed by atoms with Crippen molar-refractivity contribution in [3.05, 3.63) is 71.4 Å². The van der Waals surface area contributed by atoms with Gasteiger partial charge in [-0.1, -0.05) is 49.4 Å². The maximum atomic E-state index is 14.3. The van der Waals surface area contributed by atoms with Gasteiger partial charge in [-0.05, 0) is 66.7 Å². The third-order valence-corrected chi connectivity index (χ3v) is 11.0. The number of aromatic nitrogens is 1. The van der Waals surface area contributed by atoms with Crippen LogP contribution in [-0.2, 0) is 16.6 Å². The van der Waals surface area contributed by atoms with Crippen LogP contribution in [0.5, 0.6) is 0 Å². The summed E-state index contributed by atoms with van der Waals surface area (Å²) in [6, 6.07) is 16.4. The fourth-order valence-electron chi connectivity index (χ4n) is 7.48. The number of benzene rings is 2.